The third-order valence-electron chi connectivity index (χ3n) is 6.56. The summed E-state index contributed by atoms with van der Waals surface area (Å²) in [6.45, 7) is 10.9. The standard InChI is InChI=1S/C32H48O18S2/c1-11-51-32(52-12-2)30(48-22(10)40)28(46-20(8)38)26(23(43-17(5)35)13-41-15(3)33)50-31-29(47-21(9)39)27(45-19(7)37)25(44-18(6)36)24(49-31)14-42-16(4)34/h23-32H,11-14H2,1-10H3/t23-,24-,25+,26-,27+,28+,29-,30-,31+/m1/s1. The maximum absolute atomic E-state index is 12.7. The van der Waals surface area contributed by atoms with E-state index in [1.165, 1.54) is 23.5 Å². The molecule has 1 fully saturated rings. The minimum absolute atomic E-state index is 0.508. The molecule has 20 heteroatoms. The topological polar surface area (TPSA) is 229 Å². The highest BCUT2D eigenvalue weighted by Crippen LogP contribution is 2.36. The molecule has 296 valence electrons. The molecule has 0 saturated carbocycles. The SMILES string of the molecule is CCSC(SCC)[C@H](OC(C)=O)[C@@H](OC(C)=O)[C@H](O[C@@H]1O[C@H](COC(C)=O)[C@H](OC(C)=O)[C@H](OC(C)=O)[C@H]1OC(C)=O)[C@@H](COC(C)=O)OC(C)=O. The lowest BCUT2D eigenvalue weighted by Crippen LogP contribution is -2.65. The van der Waals surface area contributed by atoms with Crippen LogP contribution in [0.3, 0.4) is 0 Å². The van der Waals surface area contributed by atoms with E-state index in [4.69, 9.17) is 47.4 Å². The van der Waals surface area contributed by atoms with E-state index >= 15 is 0 Å². The summed E-state index contributed by atoms with van der Waals surface area (Å²) in [5.74, 6) is -5.87. The number of hydrogen-bond acceptors (Lipinski definition) is 20. The van der Waals surface area contributed by atoms with Crippen LogP contribution in [0.4, 0.5) is 0 Å². The van der Waals surface area contributed by atoms with Gasteiger partial charge in [-0.15, -0.1) is 23.5 Å². The third kappa shape index (κ3) is 16.4. The molecule has 1 rings (SSSR count). The van der Waals surface area contributed by atoms with Crippen LogP contribution in [-0.4, -0.2) is 132 Å². The van der Waals surface area contributed by atoms with Crippen LogP contribution >= 0.6 is 23.5 Å². The molecular formula is C32H48O18S2. The Labute approximate surface area is 310 Å². The van der Waals surface area contributed by atoms with Crippen molar-refractivity contribution in [2.75, 3.05) is 24.7 Å². The number of carbonyl (C=O) groups excluding carboxylic acids is 8. The molecule has 0 amide bonds. The molecule has 9 atom stereocenters. The van der Waals surface area contributed by atoms with Crippen molar-refractivity contribution in [1.82, 2.24) is 0 Å². The van der Waals surface area contributed by atoms with Crippen molar-refractivity contribution in [3.8, 4) is 0 Å². The molecule has 0 aromatic heterocycles. The van der Waals surface area contributed by atoms with E-state index < -0.39 is 121 Å². The summed E-state index contributed by atoms with van der Waals surface area (Å²) in [6, 6.07) is 0. The number of esters is 8. The summed E-state index contributed by atoms with van der Waals surface area (Å²) in [7, 11) is 0. The van der Waals surface area contributed by atoms with Crippen molar-refractivity contribution >= 4 is 71.3 Å². The van der Waals surface area contributed by atoms with Crippen molar-refractivity contribution in [3.05, 3.63) is 0 Å². The zero-order valence-electron chi connectivity index (χ0n) is 30.8. The fourth-order valence-electron chi connectivity index (χ4n) is 4.99. The summed E-state index contributed by atoms with van der Waals surface area (Å²) in [6.07, 6.45) is -14.7. The molecule has 0 radical (unpaired) electrons. The van der Waals surface area contributed by atoms with Crippen LogP contribution in [0.25, 0.3) is 0 Å². The Hall–Kier alpha value is -3.62. The minimum atomic E-state index is -1.88. The molecule has 0 bridgehead atoms. The zero-order chi connectivity index (χ0) is 39.7. The van der Waals surface area contributed by atoms with Gasteiger partial charge in [0.05, 0.1) is 4.58 Å². The van der Waals surface area contributed by atoms with E-state index in [1.807, 2.05) is 13.8 Å². The molecule has 18 nitrogen and oxygen atoms in total. The molecule has 1 aliphatic rings. The van der Waals surface area contributed by atoms with Gasteiger partial charge in [-0.25, -0.2) is 0 Å². The second kappa shape index (κ2) is 23.1. The summed E-state index contributed by atoms with van der Waals surface area (Å²) in [5.41, 5.74) is 0. The van der Waals surface area contributed by atoms with Gasteiger partial charge in [0, 0.05) is 55.4 Å². The highest BCUT2D eigenvalue weighted by atomic mass is 32.2. The van der Waals surface area contributed by atoms with Crippen molar-refractivity contribution in [2.24, 2.45) is 0 Å². The Balaban J connectivity index is 4.18. The highest BCUT2D eigenvalue weighted by molar-refractivity contribution is 8.17. The Kier molecular flexibility index (Phi) is 20.6. The normalized spacial score (nSPS) is 22.0. The van der Waals surface area contributed by atoms with Crippen LogP contribution in [0, 0.1) is 0 Å². The van der Waals surface area contributed by atoms with Gasteiger partial charge in [-0.1, -0.05) is 13.8 Å². The average molecular weight is 785 g/mol. The molecule has 0 aliphatic carbocycles. The first-order valence-corrected chi connectivity index (χ1v) is 18.2. The quantitative estimate of drug-likeness (QED) is 0.0971. The number of hydrogen-bond donors (Lipinski definition) is 0. The van der Waals surface area contributed by atoms with Crippen LogP contribution in [0.15, 0.2) is 0 Å². The lowest BCUT2D eigenvalue weighted by atomic mass is 9.97. The summed E-state index contributed by atoms with van der Waals surface area (Å²) in [5, 5.41) is 0. The van der Waals surface area contributed by atoms with Crippen molar-refractivity contribution in [2.45, 2.75) is 129 Å². The highest BCUT2D eigenvalue weighted by Gasteiger charge is 2.55. The number of rotatable bonds is 20. The second-order valence-corrected chi connectivity index (χ2v) is 14.2. The predicted molar refractivity (Wildman–Crippen MR) is 180 cm³/mol. The average Bonchev–Trinajstić information content (AvgIpc) is 3.00. The van der Waals surface area contributed by atoms with Crippen LogP contribution in [0.1, 0.15) is 69.2 Å². The van der Waals surface area contributed by atoms with Crippen molar-refractivity contribution in [3.63, 3.8) is 0 Å². The molecule has 0 unspecified atom stereocenters. The van der Waals surface area contributed by atoms with Crippen LogP contribution in [0.5, 0.6) is 0 Å². The smallest absolute Gasteiger partial charge is 0.303 e. The molecule has 0 spiro atoms. The molecule has 52 heavy (non-hydrogen) atoms. The summed E-state index contributed by atoms with van der Waals surface area (Å²) < 4.78 is 55.7. The monoisotopic (exact) mass is 784 g/mol. The van der Waals surface area contributed by atoms with E-state index in [2.05, 4.69) is 0 Å². The Bertz CT molecular complexity index is 1250. The van der Waals surface area contributed by atoms with Gasteiger partial charge in [-0.3, -0.25) is 38.4 Å². The fraction of sp³-hybridized carbons (Fsp3) is 0.750. The molecule has 1 aliphatic heterocycles. The Morgan fingerprint density at radius 2 is 1.00 bits per heavy atom. The summed E-state index contributed by atoms with van der Waals surface area (Å²) in [4.78, 5) is 98.7. The van der Waals surface area contributed by atoms with Crippen molar-refractivity contribution < 1.29 is 85.7 Å². The van der Waals surface area contributed by atoms with Gasteiger partial charge in [-0.05, 0) is 11.5 Å². The van der Waals surface area contributed by atoms with E-state index in [1.54, 1.807) is 0 Å². The first kappa shape index (κ1) is 46.4. The van der Waals surface area contributed by atoms with Gasteiger partial charge >= 0.3 is 47.8 Å². The van der Waals surface area contributed by atoms with Crippen LogP contribution in [-0.2, 0) is 85.7 Å². The molecule has 0 N–H and O–H groups in total. The van der Waals surface area contributed by atoms with E-state index in [0.29, 0.717) is 11.5 Å². The number of thioether (sulfide) groups is 2. The van der Waals surface area contributed by atoms with Crippen molar-refractivity contribution in [1.29, 1.82) is 0 Å². The maximum Gasteiger partial charge on any atom is 0.303 e. The van der Waals surface area contributed by atoms with E-state index in [9.17, 15) is 38.4 Å². The second-order valence-electron chi connectivity index (χ2n) is 11.0. The van der Waals surface area contributed by atoms with Gasteiger partial charge in [-0.2, -0.15) is 0 Å². The van der Waals surface area contributed by atoms with Crippen LogP contribution in [0.2, 0.25) is 0 Å². The van der Waals surface area contributed by atoms with Gasteiger partial charge in [0.1, 0.15) is 25.4 Å². The first-order valence-electron chi connectivity index (χ1n) is 16.1. The number of carbonyl (C=O) groups is 8. The molecule has 0 aromatic rings. The van der Waals surface area contributed by atoms with E-state index in [-0.39, 0.29) is 0 Å². The largest absolute Gasteiger partial charge is 0.463 e. The minimum Gasteiger partial charge on any atom is -0.463 e. The first-order chi connectivity index (χ1) is 24.3. The summed E-state index contributed by atoms with van der Waals surface area (Å²) >= 11 is 2.67. The molecule has 0 aromatic carbocycles. The maximum atomic E-state index is 12.7. The van der Waals surface area contributed by atoms with Gasteiger partial charge < -0.3 is 47.4 Å². The van der Waals surface area contributed by atoms with Gasteiger partial charge in [0.25, 0.3) is 0 Å². The zero-order valence-corrected chi connectivity index (χ0v) is 32.4. The Morgan fingerprint density at radius 3 is 1.44 bits per heavy atom. The van der Waals surface area contributed by atoms with Crippen LogP contribution < -0.4 is 0 Å². The lowest BCUT2D eigenvalue weighted by Gasteiger charge is -2.46. The Morgan fingerprint density at radius 1 is 0.538 bits per heavy atom. The lowest BCUT2D eigenvalue weighted by molar-refractivity contribution is -0.331. The number of ether oxygens (including phenoxy) is 10. The third-order valence-corrected chi connectivity index (χ3v) is 9.23. The van der Waals surface area contributed by atoms with Gasteiger partial charge in [0.15, 0.2) is 42.9 Å². The van der Waals surface area contributed by atoms with E-state index in [0.717, 1.165) is 55.4 Å². The molecular weight excluding hydrogens is 736 g/mol. The molecule has 1 saturated heterocycles. The van der Waals surface area contributed by atoms with Gasteiger partial charge in [0.2, 0.25) is 0 Å². The fourth-order valence-corrected chi connectivity index (χ4v) is 7.65. The molecule has 1 heterocycles. The predicted octanol–water partition coefficient (Wildman–Crippen LogP) is 1.65.